The van der Waals surface area contributed by atoms with Gasteiger partial charge in [0.2, 0.25) is 0 Å². The third-order valence-electron chi connectivity index (χ3n) is 2.04. The molecule has 0 heterocycles. The fraction of sp³-hybridized carbons (Fsp3) is 1.00. The van der Waals surface area contributed by atoms with E-state index in [1.54, 1.807) is 6.92 Å². The lowest BCUT2D eigenvalue weighted by Gasteiger charge is -2.22. The highest BCUT2D eigenvalue weighted by molar-refractivity contribution is 4.75. The van der Waals surface area contributed by atoms with Crippen LogP contribution in [0.5, 0.6) is 0 Å². The maximum absolute atomic E-state index is 10.2. The van der Waals surface area contributed by atoms with Crippen LogP contribution < -0.4 is 5.73 Å². The second kappa shape index (κ2) is 5.22. The van der Waals surface area contributed by atoms with Crippen molar-refractivity contribution in [1.29, 1.82) is 0 Å². The van der Waals surface area contributed by atoms with Crippen LogP contribution in [0.15, 0.2) is 5.18 Å². The molecule has 4 heteroatoms. The molecule has 0 saturated carbocycles. The highest BCUT2D eigenvalue weighted by atomic mass is 16.3. The second-order valence-corrected chi connectivity index (χ2v) is 3.23. The third kappa shape index (κ3) is 4.41. The van der Waals surface area contributed by atoms with Crippen LogP contribution in [0.25, 0.3) is 0 Å². The van der Waals surface area contributed by atoms with E-state index in [2.05, 4.69) is 23.9 Å². The number of hydrogen-bond donors (Lipinski definition) is 1. The summed E-state index contributed by atoms with van der Waals surface area (Å²) < 4.78 is 0. The lowest BCUT2D eigenvalue weighted by atomic mass is 10.1. The van der Waals surface area contributed by atoms with Crippen molar-refractivity contribution in [1.82, 2.24) is 4.90 Å². The van der Waals surface area contributed by atoms with Crippen LogP contribution in [0.1, 0.15) is 27.2 Å². The van der Waals surface area contributed by atoms with Crippen molar-refractivity contribution in [3.63, 3.8) is 0 Å². The smallest absolute Gasteiger partial charge is 0.148 e. The third-order valence-corrected chi connectivity index (χ3v) is 2.04. The Labute approximate surface area is 74.1 Å². The van der Waals surface area contributed by atoms with E-state index >= 15 is 0 Å². The van der Waals surface area contributed by atoms with Crippen LogP contribution in [0.2, 0.25) is 0 Å². The standard InChI is InChI=1S/C8H19N3O/c1-4-11(5-2)7-6-8(3,9)10-12/h4-7,9H2,1-3H3. The second-order valence-electron chi connectivity index (χ2n) is 3.23. The average Bonchev–Trinajstić information content (AvgIpc) is 2.06. The minimum absolute atomic E-state index is 0.623. The van der Waals surface area contributed by atoms with Crippen molar-refractivity contribution in [2.45, 2.75) is 32.9 Å². The van der Waals surface area contributed by atoms with Crippen molar-refractivity contribution in [3.05, 3.63) is 4.91 Å². The van der Waals surface area contributed by atoms with E-state index in [0.29, 0.717) is 6.42 Å². The molecule has 0 spiro atoms. The first-order valence-electron chi connectivity index (χ1n) is 4.41. The van der Waals surface area contributed by atoms with Crippen molar-refractivity contribution in [3.8, 4) is 0 Å². The average molecular weight is 173 g/mol. The molecule has 0 aliphatic rings. The zero-order chi connectivity index (χ0) is 9.61. The molecule has 0 radical (unpaired) electrons. The van der Waals surface area contributed by atoms with Crippen molar-refractivity contribution >= 4 is 0 Å². The van der Waals surface area contributed by atoms with Gasteiger partial charge >= 0.3 is 0 Å². The lowest BCUT2D eigenvalue weighted by molar-refractivity contribution is 0.267. The van der Waals surface area contributed by atoms with Crippen LogP contribution in [-0.2, 0) is 0 Å². The molecule has 0 rings (SSSR count). The highest BCUT2D eigenvalue weighted by Gasteiger charge is 2.18. The van der Waals surface area contributed by atoms with Crippen molar-refractivity contribution in [2.75, 3.05) is 19.6 Å². The van der Waals surface area contributed by atoms with Gasteiger partial charge in [-0.1, -0.05) is 13.8 Å². The van der Waals surface area contributed by atoms with Crippen LogP contribution in [0.3, 0.4) is 0 Å². The summed E-state index contributed by atoms with van der Waals surface area (Å²) in [6.07, 6.45) is 0.623. The Morgan fingerprint density at radius 3 is 2.25 bits per heavy atom. The zero-order valence-electron chi connectivity index (χ0n) is 8.21. The number of nitrogens with zero attached hydrogens (tertiary/aromatic N) is 2. The molecular formula is C8H19N3O. The number of rotatable bonds is 6. The molecule has 4 nitrogen and oxygen atoms in total. The van der Waals surface area contributed by atoms with Crippen molar-refractivity contribution < 1.29 is 0 Å². The number of nitroso groups, excluding NO2 is 1. The summed E-state index contributed by atoms with van der Waals surface area (Å²) in [5.41, 5.74) is 4.67. The topological polar surface area (TPSA) is 58.7 Å². The SMILES string of the molecule is CCN(CC)CCC(C)(N)N=O. The van der Waals surface area contributed by atoms with Gasteiger partial charge in [-0.2, -0.15) is 0 Å². The van der Waals surface area contributed by atoms with Gasteiger partial charge in [0.25, 0.3) is 0 Å². The molecule has 0 aromatic heterocycles. The first-order valence-corrected chi connectivity index (χ1v) is 4.41. The summed E-state index contributed by atoms with van der Waals surface area (Å²) in [4.78, 5) is 12.4. The van der Waals surface area contributed by atoms with Gasteiger partial charge < -0.3 is 10.6 Å². The molecular weight excluding hydrogens is 154 g/mol. The molecule has 0 aromatic rings. The Kier molecular flexibility index (Phi) is 5.01. The summed E-state index contributed by atoms with van der Waals surface area (Å²) in [5.74, 6) is 0. The fourth-order valence-corrected chi connectivity index (χ4v) is 0.970. The maximum atomic E-state index is 10.2. The molecule has 0 amide bonds. The molecule has 0 bridgehead atoms. The summed E-state index contributed by atoms with van der Waals surface area (Å²) in [6, 6.07) is 0. The van der Waals surface area contributed by atoms with E-state index in [1.807, 2.05) is 0 Å². The molecule has 2 N–H and O–H groups in total. The van der Waals surface area contributed by atoms with Gasteiger partial charge in [-0.05, 0) is 25.2 Å². The number of nitrogens with two attached hydrogens (primary N) is 1. The first-order chi connectivity index (χ1) is 5.55. The van der Waals surface area contributed by atoms with Gasteiger partial charge in [-0.15, -0.1) is 4.91 Å². The zero-order valence-corrected chi connectivity index (χ0v) is 8.21. The van der Waals surface area contributed by atoms with Gasteiger partial charge in [-0.3, -0.25) is 0 Å². The minimum atomic E-state index is -0.900. The Balaban J connectivity index is 3.72. The Bertz CT molecular complexity index is 132. The predicted molar refractivity (Wildman–Crippen MR) is 50.8 cm³/mol. The van der Waals surface area contributed by atoms with Crippen LogP contribution in [-0.4, -0.2) is 30.2 Å². The minimum Gasteiger partial charge on any atom is -0.304 e. The van der Waals surface area contributed by atoms with Gasteiger partial charge in [0, 0.05) is 13.0 Å². The Morgan fingerprint density at radius 2 is 1.92 bits per heavy atom. The van der Waals surface area contributed by atoms with E-state index < -0.39 is 5.66 Å². The summed E-state index contributed by atoms with van der Waals surface area (Å²) in [6.45, 7) is 8.66. The predicted octanol–water partition coefficient (Wildman–Crippen LogP) is 1.16. The van der Waals surface area contributed by atoms with Gasteiger partial charge in [0.15, 0.2) is 0 Å². The highest BCUT2D eigenvalue weighted by Crippen LogP contribution is 2.07. The summed E-state index contributed by atoms with van der Waals surface area (Å²) in [7, 11) is 0. The van der Waals surface area contributed by atoms with E-state index in [-0.39, 0.29) is 0 Å². The van der Waals surface area contributed by atoms with Gasteiger partial charge in [0.05, 0.1) is 0 Å². The Morgan fingerprint density at radius 1 is 1.42 bits per heavy atom. The van der Waals surface area contributed by atoms with Crippen molar-refractivity contribution in [2.24, 2.45) is 10.9 Å². The van der Waals surface area contributed by atoms with Crippen LogP contribution in [0, 0.1) is 4.91 Å². The van der Waals surface area contributed by atoms with Gasteiger partial charge in [0.1, 0.15) is 5.66 Å². The molecule has 1 unspecified atom stereocenters. The van der Waals surface area contributed by atoms with E-state index in [9.17, 15) is 4.91 Å². The van der Waals surface area contributed by atoms with Crippen LogP contribution >= 0.6 is 0 Å². The summed E-state index contributed by atoms with van der Waals surface area (Å²) in [5, 5.41) is 2.86. The van der Waals surface area contributed by atoms with E-state index in [0.717, 1.165) is 19.6 Å². The van der Waals surface area contributed by atoms with Crippen LogP contribution in [0.4, 0.5) is 0 Å². The molecule has 0 fully saturated rings. The largest absolute Gasteiger partial charge is 0.304 e. The monoisotopic (exact) mass is 173 g/mol. The first kappa shape index (κ1) is 11.5. The van der Waals surface area contributed by atoms with E-state index in [1.165, 1.54) is 0 Å². The normalized spacial score (nSPS) is 16.1. The molecule has 72 valence electrons. The van der Waals surface area contributed by atoms with Gasteiger partial charge in [-0.25, -0.2) is 0 Å². The lowest BCUT2D eigenvalue weighted by Crippen LogP contribution is -2.38. The molecule has 0 saturated heterocycles. The quantitative estimate of drug-likeness (QED) is 0.613. The molecule has 1 atom stereocenters. The van der Waals surface area contributed by atoms with E-state index in [4.69, 9.17) is 5.73 Å². The summed E-state index contributed by atoms with van der Waals surface area (Å²) >= 11 is 0. The number of hydrogen-bond acceptors (Lipinski definition) is 4. The molecule has 0 aliphatic heterocycles. The molecule has 0 aromatic carbocycles. The molecule has 0 aliphatic carbocycles. The maximum Gasteiger partial charge on any atom is 0.148 e. The molecule has 12 heavy (non-hydrogen) atoms. The fourth-order valence-electron chi connectivity index (χ4n) is 0.970. The Hall–Kier alpha value is -0.480.